The molecule has 0 N–H and O–H groups in total. The first-order chi connectivity index (χ1) is 11.4. The molecule has 0 spiro atoms. The summed E-state index contributed by atoms with van der Waals surface area (Å²) < 4.78 is 4.62. The van der Waals surface area contributed by atoms with Crippen LogP contribution in [0, 0.1) is 12.8 Å². The second-order valence-corrected chi connectivity index (χ2v) is 5.61. The number of benzene rings is 1. The van der Waals surface area contributed by atoms with Crippen LogP contribution in [-0.2, 0) is 23.9 Å². The minimum Gasteiger partial charge on any atom is -0.464 e. The van der Waals surface area contributed by atoms with Crippen LogP contribution < -0.4 is 4.90 Å². The zero-order valence-electron chi connectivity index (χ0n) is 13.3. The monoisotopic (exact) mass is 329 g/mol. The number of aryl methyl sites for hydroxylation is 1. The van der Waals surface area contributed by atoms with Crippen molar-refractivity contribution in [2.75, 3.05) is 12.0 Å². The number of nitrogens with zero attached hydrogens (tertiary/aromatic N) is 3. The fraction of sp³-hybridized carbons (Fsp3) is 0.312. The Morgan fingerprint density at radius 2 is 1.75 bits per heavy atom. The van der Waals surface area contributed by atoms with E-state index in [1.807, 2.05) is 6.92 Å². The number of methoxy groups -OCH3 is 1. The van der Waals surface area contributed by atoms with Crippen LogP contribution >= 0.6 is 0 Å². The van der Waals surface area contributed by atoms with Crippen LogP contribution in [0.4, 0.5) is 5.69 Å². The lowest BCUT2D eigenvalue weighted by molar-refractivity contribution is -0.136. The number of esters is 1. The number of amides is 3. The molecule has 2 heterocycles. The number of imide groups is 1. The summed E-state index contributed by atoms with van der Waals surface area (Å²) >= 11 is 0. The maximum Gasteiger partial charge on any atom is 0.355 e. The van der Waals surface area contributed by atoms with E-state index in [2.05, 4.69) is 9.84 Å². The number of hydrogen-bond donors (Lipinski definition) is 0. The molecular weight excluding hydrogens is 314 g/mol. The third-order valence-corrected chi connectivity index (χ3v) is 4.06. The third kappa shape index (κ3) is 2.18. The average Bonchev–Trinajstić information content (AvgIpc) is 3.06. The summed E-state index contributed by atoms with van der Waals surface area (Å²) in [5, 5.41) is 4.72. The lowest BCUT2D eigenvalue weighted by Gasteiger charge is -2.19. The third-order valence-electron chi connectivity index (χ3n) is 4.06. The molecule has 1 fully saturated rings. The Hall–Kier alpha value is -3.03. The molecule has 8 nitrogen and oxygen atoms in total. The second kappa shape index (κ2) is 5.55. The summed E-state index contributed by atoms with van der Waals surface area (Å²) in [6.45, 7) is 3.10. The maximum absolute atomic E-state index is 12.8. The van der Waals surface area contributed by atoms with Gasteiger partial charge in [-0.3, -0.25) is 14.4 Å². The molecule has 0 aliphatic carbocycles. The molecule has 3 amide bonds. The van der Waals surface area contributed by atoms with Crippen LogP contribution in [0.3, 0.4) is 0 Å². The molecule has 0 bridgehead atoms. The van der Waals surface area contributed by atoms with Crippen molar-refractivity contribution < 1.29 is 23.9 Å². The van der Waals surface area contributed by atoms with Crippen molar-refractivity contribution in [3.8, 4) is 0 Å². The number of rotatable bonds is 2. The van der Waals surface area contributed by atoms with Gasteiger partial charge in [0, 0.05) is 6.92 Å². The highest BCUT2D eigenvalue weighted by Gasteiger charge is 2.59. The van der Waals surface area contributed by atoms with Crippen molar-refractivity contribution in [1.29, 1.82) is 0 Å². The van der Waals surface area contributed by atoms with Crippen LogP contribution in [0.1, 0.15) is 12.5 Å². The first kappa shape index (κ1) is 15.9. The van der Waals surface area contributed by atoms with E-state index in [4.69, 9.17) is 0 Å². The van der Waals surface area contributed by atoms with Gasteiger partial charge in [-0.25, -0.2) is 14.7 Å². The van der Waals surface area contributed by atoms with Crippen molar-refractivity contribution in [2.45, 2.75) is 19.9 Å². The lowest BCUT2D eigenvalue weighted by atomic mass is 9.98. The lowest BCUT2D eigenvalue weighted by Crippen LogP contribution is -2.41. The van der Waals surface area contributed by atoms with Crippen LogP contribution in [0.5, 0.6) is 0 Å². The quantitative estimate of drug-likeness (QED) is 0.572. The topological polar surface area (TPSA) is 96.3 Å². The van der Waals surface area contributed by atoms with E-state index < -0.39 is 35.7 Å². The summed E-state index contributed by atoms with van der Waals surface area (Å²) in [4.78, 5) is 50.2. The van der Waals surface area contributed by atoms with Crippen molar-refractivity contribution in [2.24, 2.45) is 11.0 Å². The fourth-order valence-electron chi connectivity index (χ4n) is 2.90. The van der Waals surface area contributed by atoms with Gasteiger partial charge < -0.3 is 4.74 Å². The minimum absolute atomic E-state index is 0.231. The Bertz CT molecular complexity index is 783. The highest BCUT2D eigenvalue weighted by atomic mass is 16.5. The van der Waals surface area contributed by atoms with Gasteiger partial charge in [-0.1, -0.05) is 17.7 Å². The second-order valence-electron chi connectivity index (χ2n) is 5.61. The molecule has 3 rings (SSSR count). The average molecular weight is 329 g/mol. The zero-order chi connectivity index (χ0) is 17.6. The van der Waals surface area contributed by atoms with Gasteiger partial charge in [-0.05, 0) is 19.1 Å². The number of carbonyl (C=O) groups is 4. The van der Waals surface area contributed by atoms with E-state index in [9.17, 15) is 19.2 Å². The normalized spacial score (nSPS) is 22.5. The van der Waals surface area contributed by atoms with Crippen LogP contribution in [0.15, 0.2) is 29.4 Å². The summed E-state index contributed by atoms with van der Waals surface area (Å²) in [6, 6.07) is 5.66. The summed E-state index contributed by atoms with van der Waals surface area (Å²) in [7, 11) is 1.15. The highest BCUT2D eigenvalue weighted by molar-refractivity contribution is 6.47. The number of hydrogen-bond acceptors (Lipinski definition) is 6. The molecular formula is C16H15N3O5. The predicted octanol–water partition coefficient (Wildman–Crippen LogP) is 0.244. The van der Waals surface area contributed by atoms with Crippen molar-refractivity contribution in [1.82, 2.24) is 5.01 Å². The number of carbonyl (C=O) groups excluding carboxylic acids is 4. The van der Waals surface area contributed by atoms with E-state index in [1.54, 1.807) is 24.3 Å². The molecule has 2 atom stereocenters. The molecule has 0 radical (unpaired) electrons. The molecule has 2 aliphatic heterocycles. The smallest absolute Gasteiger partial charge is 0.355 e. The van der Waals surface area contributed by atoms with Gasteiger partial charge in [0.2, 0.25) is 11.8 Å². The minimum atomic E-state index is -1.15. The fourth-order valence-corrected chi connectivity index (χ4v) is 2.90. The molecule has 0 unspecified atom stereocenters. The number of hydrazone groups is 1. The molecule has 1 saturated heterocycles. The summed E-state index contributed by atoms with van der Waals surface area (Å²) in [5.74, 6) is -3.69. The van der Waals surface area contributed by atoms with E-state index in [0.717, 1.165) is 22.6 Å². The molecule has 0 saturated carbocycles. The van der Waals surface area contributed by atoms with E-state index in [1.165, 1.54) is 6.92 Å². The molecule has 0 aromatic heterocycles. The van der Waals surface area contributed by atoms with Gasteiger partial charge in [0.1, 0.15) is 5.92 Å². The van der Waals surface area contributed by atoms with Gasteiger partial charge in [-0.15, -0.1) is 0 Å². The maximum atomic E-state index is 12.8. The van der Waals surface area contributed by atoms with Crippen molar-refractivity contribution in [3.05, 3.63) is 29.8 Å². The number of fused-ring (bicyclic) bond motifs is 1. The zero-order valence-corrected chi connectivity index (χ0v) is 13.3. The van der Waals surface area contributed by atoms with Crippen LogP contribution in [-0.4, -0.2) is 47.6 Å². The molecule has 2 aliphatic rings. The van der Waals surface area contributed by atoms with Gasteiger partial charge in [0.25, 0.3) is 5.91 Å². The largest absolute Gasteiger partial charge is 0.464 e. The predicted molar refractivity (Wildman–Crippen MR) is 82.9 cm³/mol. The molecule has 8 heteroatoms. The molecule has 1 aromatic carbocycles. The van der Waals surface area contributed by atoms with Crippen LogP contribution in [0.2, 0.25) is 0 Å². The number of anilines is 1. The van der Waals surface area contributed by atoms with E-state index >= 15 is 0 Å². The Morgan fingerprint density at radius 3 is 2.29 bits per heavy atom. The molecule has 24 heavy (non-hydrogen) atoms. The first-order valence-electron chi connectivity index (χ1n) is 7.28. The first-order valence-corrected chi connectivity index (χ1v) is 7.28. The number of ether oxygens (including phenoxy) is 1. The van der Waals surface area contributed by atoms with Crippen molar-refractivity contribution >= 4 is 35.1 Å². The molecule has 1 aromatic rings. The van der Waals surface area contributed by atoms with E-state index in [-0.39, 0.29) is 5.71 Å². The SMILES string of the molecule is COC(=O)C1=NN(C(C)=O)[C@H]2C(=O)N(c3ccc(C)cc3)C(=O)[C@@H]12. The standard InChI is InChI=1S/C16H15N3O5/c1-8-4-6-10(7-5-8)18-14(21)11-12(16(23)24-3)17-19(9(2)20)13(11)15(18)22/h4-7,11,13H,1-3H3/t11-,13+/m0/s1. The molecule has 124 valence electrons. The van der Waals surface area contributed by atoms with Crippen LogP contribution in [0.25, 0.3) is 0 Å². The Kier molecular flexibility index (Phi) is 3.67. The Labute approximate surface area is 137 Å². The van der Waals surface area contributed by atoms with Gasteiger partial charge in [0.05, 0.1) is 12.8 Å². The summed E-state index contributed by atoms with van der Waals surface area (Å²) in [6.07, 6.45) is 0. The van der Waals surface area contributed by atoms with E-state index in [0.29, 0.717) is 5.69 Å². The summed E-state index contributed by atoms with van der Waals surface area (Å²) in [5.41, 5.74) is 1.13. The highest BCUT2D eigenvalue weighted by Crippen LogP contribution is 2.35. The van der Waals surface area contributed by atoms with Gasteiger partial charge in [-0.2, -0.15) is 5.10 Å². The Morgan fingerprint density at radius 1 is 1.12 bits per heavy atom. The van der Waals surface area contributed by atoms with Gasteiger partial charge >= 0.3 is 5.97 Å². The van der Waals surface area contributed by atoms with Crippen molar-refractivity contribution in [3.63, 3.8) is 0 Å². The Balaban J connectivity index is 2.05. The van der Waals surface area contributed by atoms with Gasteiger partial charge in [0.15, 0.2) is 11.8 Å².